The van der Waals surface area contributed by atoms with E-state index in [9.17, 15) is 0 Å². The first kappa shape index (κ1) is 16.2. The lowest BCUT2D eigenvalue weighted by Gasteiger charge is -2.10. The molecular formula is C16H23N5O. The Morgan fingerprint density at radius 2 is 1.77 bits per heavy atom. The molecule has 0 aliphatic heterocycles. The van der Waals surface area contributed by atoms with E-state index in [1.54, 1.807) is 0 Å². The molecule has 0 fully saturated rings. The van der Waals surface area contributed by atoms with E-state index in [1.807, 2.05) is 51.1 Å². The highest BCUT2D eigenvalue weighted by Crippen LogP contribution is 2.13. The van der Waals surface area contributed by atoms with E-state index in [4.69, 9.17) is 4.74 Å². The molecular weight excluding hydrogens is 278 g/mol. The average Bonchev–Trinajstić information content (AvgIpc) is 2.47. The summed E-state index contributed by atoms with van der Waals surface area (Å²) >= 11 is 0. The van der Waals surface area contributed by atoms with Crippen molar-refractivity contribution in [2.24, 2.45) is 0 Å². The minimum atomic E-state index is 0.265. The van der Waals surface area contributed by atoms with Gasteiger partial charge in [0.05, 0.1) is 6.10 Å². The number of ether oxygens (including phenoxy) is 1. The van der Waals surface area contributed by atoms with Gasteiger partial charge in [0, 0.05) is 18.8 Å². The van der Waals surface area contributed by atoms with Crippen molar-refractivity contribution in [3.8, 4) is 0 Å². The second-order valence-electron chi connectivity index (χ2n) is 5.22. The normalized spacial score (nSPS) is 10.7. The largest absolute Gasteiger partial charge is 0.379 e. The van der Waals surface area contributed by atoms with Crippen LogP contribution in [0.15, 0.2) is 30.3 Å². The zero-order chi connectivity index (χ0) is 15.8. The van der Waals surface area contributed by atoms with Crippen LogP contribution in [-0.2, 0) is 4.74 Å². The molecule has 1 aromatic heterocycles. The number of nitrogens with one attached hydrogen (secondary N) is 2. The third kappa shape index (κ3) is 5.65. The van der Waals surface area contributed by atoms with Crippen molar-refractivity contribution in [1.29, 1.82) is 0 Å². The summed E-state index contributed by atoms with van der Waals surface area (Å²) in [6.45, 7) is 7.41. The fraction of sp³-hybridized carbons (Fsp3) is 0.438. The fourth-order valence-electron chi connectivity index (χ4n) is 1.86. The first-order valence-corrected chi connectivity index (χ1v) is 7.53. The number of anilines is 3. The van der Waals surface area contributed by atoms with Gasteiger partial charge < -0.3 is 15.4 Å². The molecule has 6 heteroatoms. The predicted octanol–water partition coefficient (Wildman–Crippen LogP) is 3.15. The molecule has 1 aromatic carbocycles. The Morgan fingerprint density at radius 1 is 1.05 bits per heavy atom. The van der Waals surface area contributed by atoms with Gasteiger partial charge in [-0.2, -0.15) is 15.0 Å². The monoisotopic (exact) mass is 301 g/mol. The third-order valence-electron chi connectivity index (χ3n) is 2.83. The minimum Gasteiger partial charge on any atom is -0.379 e. The van der Waals surface area contributed by atoms with Crippen LogP contribution in [0.1, 0.15) is 26.1 Å². The van der Waals surface area contributed by atoms with Crippen molar-refractivity contribution in [1.82, 2.24) is 15.0 Å². The van der Waals surface area contributed by atoms with Crippen LogP contribution >= 0.6 is 0 Å². The van der Waals surface area contributed by atoms with E-state index in [0.717, 1.165) is 25.3 Å². The summed E-state index contributed by atoms with van der Waals surface area (Å²) in [6.07, 6.45) is 1.17. The van der Waals surface area contributed by atoms with Crippen molar-refractivity contribution in [2.75, 3.05) is 23.8 Å². The van der Waals surface area contributed by atoms with Gasteiger partial charge in [0.15, 0.2) is 0 Å². The Hall–Kier alpha value is -2.21. The second-order valence-corrected chi connectivity index (χ2v) is 5.22. The van der Waals surface area contributed by atoms with Gasteiger partial charge in [-0.05, 0) is 39.3 Å². The summed E-state index contributed by atoms with van der Waals surface area (Å²) in [7, 11) is 0. The molecule has 0 spiro atoms. The maximum atomic E-state index is 5.50. The third-order valence-corrected chi connectivity index (χ3v) is 2.83. The van der Waals surface area contributed by atoms with E-state index >= 15 is 0 Å². The Kier molecular flexibility index (Phi) is 6.09. The Bertz CT molecular complexity index is 574. The molecule has 1 heterocycles. The lowest BCUT2D eigenvalue weighted by atomic mass is 10.3. The van der Waals surface area contributed by atoms with Gasteiger partial charge in [0.2, 0.25) is 11.9 Å². The Labute approximate surface area is 131 Å². The molecule has 6 nitrogen and oxygen atoms in total. The number of hydrogen-bond acceptors (Lipinski definition) is 6. The summed E-state index contributed by atoms with van der Waals surface area (Å²) in [5.41, 5.74) is 0.949. The Balaban J connectivity index is 1.89. The number of nitrogens with zero attached hydrogens (tertiary/aromatic N) is 3. The Morgan fingerprint density at radius 3 is 2.50 bits per heavy atom. The number of benzene rings is 1. The van der Waals surface area contributed by atoms with Crippen molar-refractivity contribution >= 4 is 17.6 Å². The van der Waals surface area contributed by atoms with Crippen LogP contribution < -0.4 is 10.6 Å². The van der Waals surface area contributed by atoms with E-state index in [1.165, 1.54) is 0 Å². The fourth-order valence-corrected chi connectivity index (χ4v) is 1.86. The van der Waals surface area contributed by atoms with Gasteiger partial charge in [0.1, 0.15) is 5.82 Å². The molecule has 0 saturated heterocycles. The van der Waals surface area contributed by atoms with Crippen LogP contribution in [0.25, 0.3) is 0 Å². The zero-order valence-corrected chi connectivity index (χ0v) is 13.3. The number of para-hydroxylation sites is 1. The average molecular weight is 301 g/mol. The van der Waals surface area contributed by atoms with Gasteiger partial charge in [-0.1, -0.05) is 18.2 Å². The van der Waals surface area contributed by atoms with Crippen LogP contribution in [0, 0.1) is 6.92 Å². The van der Waals surface area contributed by atoms with Crippen LogP contribution in [0.4, 0.5) is 17.6 Å². The number of rotatable bonds is 8. The van der Waals surface area contributed by atoms with Gasteiger partial charge in [-0.15, -0.1) is 0 Å². The van der Waals surface area contributed by atoms with Crippen LogP contribution in [0.3, 0.4) is 0 Å². The molecule has 2 aromatic rings. The molecule has 0 atom stereocenters. The molecule has 0 unspecified atom stereocenters. The molecule has 0 amide bonds. The van der Waals surface area contributed by atoms with Crippen molar-refractivity contribution in [3.05, 3.63) is 36.2 Å². The quantitative estimate of drug-likeness (QED) is 0.730. The lowest BCUT2D eigenvalue weighted by molar-refractivity contribution is 0.0787. The standard InChI is InChI=1S/C16H23N5O/c1-12(2)22-11-7-10-17-15-18-13(3)19-16(21-15)20-14-8-5-4-6-9-14/h4-6,8-9,12H,7,10-11H2,1-3H3,(H2,17,18,19,20,21). The molecule has 0 bridgehead atoms. The van der Waals surface area contributed by atoms with Gasteiger partial charge in [-0.25, -0.2) is 0 Å². The lowest BCUT2D eigenvalue weighted by Crippen LogP contribution is -2.12. The highest BCUT2D eigenvalue weighted by Gasteiger charge is 2.04. The smallest absolute Gasteiger partial charge is 0.232 e. The van der Waals surface area contributed by atoms with Crippen LogP contribution in [0.5, 0.6) is 0 Å². The maximum Gasteiger partial charge on any atom is 0.232 e. The van der Waals surface area contributed by atoms with E-state index in [-0.39, 0.29) is 6.10 Å². The molecule has 2 N–H and O–H groups in total. The minimum absolute atomic E-state index is 0.265. The summed E-state index contributed by atoms with van der Waals surface area (Å²) in [5.74, 6) is 1.80. The topological polar surface area (TPSA) is 72.0 Å². The summed E-state index contributed by atoms with van der Waals surface area (Å²) in [4.78, 5) is 13.0. The highest BCUT2D eigenvalue weighted by molar-refractivity contribution is 5.53. The molecule has 22 heavy (non-hydrogen) atoms. The van der Waals surface area contributed by atoms with Crippen molar-refractivity contribution in [2.45, 2.75) is 33.3 Å². The first-order chi connectivity index (χ1) is 10.6. The second kappa shape index (κ2) is 8.29. The predicted molar refractivity (Wildman–Crippen MR) is 88.5 cm³/mol. The molecule has 0 aliphatic rings. The van der Waals surface area contributed by atoms with Crippen LogP contribution in [-0.4, -0.2) is 34.2 Å². The van der Waals surface area contributed by atoms with Gasteiger partial charge >= 0.3 is 0 Å². The van der Waals surface area contributed by atoms with Crippen molar-refractivity contribution in [3.63, 3.8) is 0 Å². The first-order valence-electron chi connectivity index (χ1n) is 7.53. The number of aromatic nitrogens is 3. The summed E-state index contributed by atoms with van der Waals surface area (Å²) in [6, 6.07) is 9.83. The SMILES string of the molecule is Cc1nc(NCCCOC(C)C)nc(Nc2ccccc2)n1. The van der Waals surface area contributed by atoms with Gasteiger partial charge in [0.25, 0.3) is 0 Å². The van der Waals surface area contributed by atoms with E-state index < -0.39 is 0 Å². The highest BCUT2D eigenvalue weighted by atomic mass is 16.5. The molecule has 118 valence electrons. The van der Waals surface area contributed by atoms with Gasteiger partial charge in [-0.3, -0.25) is 0 Å². The maximum absolute atomic E-state index is 5.50. The summed E-state index contributed by atoms with van der Waals surface area (Å²) < 4.78 is 5.50. The number of hydrogen-bond donors (Lipinski definition) is 2. The van der Waals surface area contributed by atoms with Crippen LogP contribution in [0.2, 0.25) is 0 Å². The molecule has 2 rings (SSSR count). The summed E-state index contributed by atoms with van der Waals surface area (Å²) in [5, 5.41) is 6.38. The molecule has 0 saturated carbocycles. The number of aryl methyl sites for hydroxylation is 1. The van der Waals surface area contributed by atoms with Crippen molar-refractivity contribution < 1.29 is 4.74 Å². The molecule has 0 radical (unpaired) electrons. The molecule has 0 aliphatic carbocycles. The van der Waals surface area contributed by atoms with E-state index in [0.29, 0.717) is 17.7 Å². The zero-order valence-electron chi connectivity index (χ0n) is 13.3. The van der Waals surface area contributed by atoms with E-state index in [2.05, 4.69) is 25.6 Å².